The van der Waals surface area contributed by atoms with Gasteiger partial charge in [-0.15, -0.1) is 0 Å². The molecule has 1 aromatic rings. The number of piperazine rings is 1. The largest absolute Gasteiger partial charge is 0.453 e. The molecule has 8 nitrogen and oxygen atoms in total. The standard InChI is InChI=1S/C12H19N5O3/c1-3-17-8-9(13)10(14-17)11(18)15-4-6-16(7-5-15)12(19)20-2/h8H,3-7,13H2,1-2H3. The van der Waals surface area contributed by atoms with E-state index in [1.165, 1.54) is 7.11 Å². The van der Waals surface area contributed by atoms with E-state index in [0.717, 1.165) is 0 Å². The third-order valence-corrected chi connectivity index (χ3v) is 3.32. The maximum atomic E-state index is 12.3. The molecule has 2 rings (SSSR count). The molecule has 0 spiro atoms. The van der Waals surface area contributed by atoms with Crippen molar-refractivity contribution in [1.82, 2.24) is 19.6 Å². The van der Waals surface area contributed by atoms with Gasteiger partial charge in [-0.1, -0.05) is 0 Å². The zero-order chi connectivity index (χ0) is 14.7. The fraction of sp³-hybridized carbons (Fsp3) is 0.583. The van der Waals surface area contributed by atoms with Crippen LogP contribution in [-0.4, -0.2) is 64.9 Å². The second-order valence-electron chi connectivity index (χ2n) is 4.54. The van der Waals surface area contributed by atoms with E-state index in [1.807, 2.05) is 6.92 Å². The van der Waals surface area contributed by atoms with Crippen molar-refractivity contribution in [2.75, 3.05) is 39.0 Å². The normalized spacial score (nSPS) is 15.3. The van der Waals surface area contributed by atoms with E-state index in [4.69, 9.17) is 5.73 Å². The lowest BCUT2D eigenvalue weighted by molar-refractivity contribution is 0.0595. The van der Waals surface area contributed by atoms with Gasteiger partial charge in [0.15, 0.2) is 5.69 Å². The Labute approximate surface area is 117 Å². The highest BCUT2D eigenvalue weighted by Crippen LogP contribution is 2.14. The summed E-state index contributed by atoms with van der Waals surface area (Å²) in [7, 11) is 1.35. The molecular weight excluding hydrogens is 262 g/mol. The molecule has 1 aromatic heterocycles. The summed E-state index contributed by atoms with van der Waals surface area (Å²) in [4.78, 5) is 26.9. The highest BCUT2D eigenvalue weighted by atomic mass is 16.5. The van der Waals surface area contributed by atoms with Crippen molar-refractivity contribution in [3.63, 3.8) is 0 Å². The first-order valence-electron chi connectivity index (χ1n) is 6.52. The van der Waals surface area contributed by atoms with E-state index in [1.54, 1.807) is 20.7 Å². The molecule has 0 aromatic carbocycles. The summed E-state index contributed by atoms with van der Waals surface area (Å²) in [5.74, 6) is -0.195. The molecule has 1 aliphatic rings. The van der Waals surface area contributed by atoms with Crippen LogP contribution < -0.4 is 5.73 Å². The number of rotatable bonds is 2. The van der Waals surface area contributed by atoms with Gasteiger partial charge in [-0.05, 0) is 6.92 Å². The van der Waals surface area contributed by atoms with E-state index in [0.29, 0.717) is 38.4 Å². The van der Waals surface area contributed by atoms with Gasteiger partial charge in [0.25, 0.3) is 5.91 Å². The molecule has 0 aliphatic carbocycles. The van der Waals surface area contributed by atoms with Crippen molar-refractivity contribution >= 4 is 17.7 Å². The quantitative estimate of drug-likeness (QED) is 0.824. The van der Waals surface area contributed by atoms with Crippen molar-refractivity contribution in [2.45, 2.75) is 13.5 Å². The van der Waals surface area contributed by atoms with E-state index < -0.39 is 0 Å². The Morgan fingerprint density at radius 3 is 2.40 bits per heavy atom. The highest BCUT2D eigenvalue weighted by Gasteiger charge is 2.27. The van der Waals surface area contributed by atoms with Crippen LogP contribution in [-0.2, 0) is 11.3 Å². The molecule has 20 heavy (non-hydrogen) atoms. The Morgan fingerprint density at radius 2 is 1.90 bits per heavy atom. The molecule has 0 saturated carbocycles. The van der Waals surface area contributed by atoms with Gasteiger partial charge in [-0.25, -0.2) is 4.79 Å². The topological polar surface area (TPSA) is 93.7 Å². The van der Waals surface area contributed by atoms with Crippen LogP contribution >= 0.6 is 0 Å². The van der Waals surface area contributed by atoms with Gasteiger partial charge < -0.3 is 20.3 Å². The summed E-state index contributed by atoms with van der Waals surface area (Å²) in [6.07, 6.45) is 1.28. The predicted octanol–water partition coefficient (Wildman–Crippen LogP) is 0.00940. The average molecular weight is 281 g/mol. The van der Waals surface area contributed by atoms with Gasteiger partial charge in [0.2, 0.25) is 0 Å². The number of aryl methyl sites for hydroxylation is 1. The number of nitrogens with two attached hydrogens (primary N) is 1. The maximum absolute atomic E-state index is 12.3. The van der Waals surface area contributed by atoms with Gasteiger partial charge in [0.1, 0.15) is 0 Å². The minimum Gasteiger partial charge on any atom is -0.453 e. The first-order chi connectivity index (χ1) is 9.56. The Bertz CT molecular complexity index is 505. The van der Waals surface area contributed by atoms with Crippen LogP contribution in [0, 0.1) is 0 Å². The van der Waals surface area contributed by atoms with E-state index in [9.17, 15) is 9.59 Å². The van der Waals surface area contributed by atoms with Crippen LogP contribution in [0.2, 0.25) is 0 Å². The van der Waals surface area contributed by atoms with E-state index in [2.05, 4.69) is 9.84 Å². The Balaban J connectivity index is 2.01. The number of ether oxygens (including phenoxy) is 1. The average Bonchev–Trinajstić information content (AvgIpc) is 2.87. The van der Waals surface area contributed by atoms with Gasteiger partial charge in [-0.2, -0.15) is 5.10 Å². The first-order valence-corrected chi connectivity index (χ1v) is 6.52. The van der Waals surface area contributed by atoms with Crippen molar-refractivity contribution in [3.05, 3.63) is 11.9 Å². The maximum Gasteiger partial charge on any atom is 0.409 e. The number of carbonyl (C=O) groups is 2. The number of hydrogen-bond acceptors (Lipinski definition) is 5. The van der Waals surface area contributed by atoms with Crippen LogP contribution in [0.15, 0.2) is 6.20 Å². The van der Waals surface area contributed by atoms with Gasteiger partial charge in [0.05, 0.1) is 12.8 Å². The summed E-state index contributed by atoms with van der Waals surface area (Å²) in [5.41, 5.74) is 6.46. The Hall–Kier alpha value is -2.25. The Morgan fingerprint density at radius 1 is 1.30 bits per heavy atom. The number of nitrogen functional groups attached to an aromatic ring is 1. The molecule has 0 unspecified atom stereocenters. The molecule has 1 saturated heterocycles. The lowest BCUT2D eigenvalue weighted by Gasteiger charge is -2.33. The number of aromatic nitrogens is 2. The third-order valence-electron chi connectivity index (χ3n) is 3.32. The van der Waals surface area contributed by atoms with Crippen LogP contribution in [0.1, 0.15) is 17.4 Å². The molecule has 1 aliphatic heterocycles. The van der Waals surface area contributed by atoms with Crippen molar-refractivity contribution < 1.29 is 14.3 Å². The van der Waals surface area contributed by atoms with Gasteiger partial charge in [0, 0.05) is 38.9 Å². The van der Waals surface area contributed by atoms with Crippen LogP contribution in [0.25, 0.3) is 0 Å². The Kier molecular flexibility index (Phi) is 4.11. The second-order valence-corrected chi connectivity index (χ2v) is 4.54. The van der Waals surface area contributed by atoms with Crippen LogP contribution in [0.3, 0.4) is 0 Å². The molecule has 0 bridgehead atoms. The van der Waals surface area contributed by atoms with Crippen molar-refractivity contribution in [3.8, 4) is 0 Å². The number of amides is 2. The van der Waals surface area contributed by atoms with Gasteiger partial charge in [-0.3, -0.25) is 9.48 Å². The molecular formula is C12H19N5O3. The third kappa shape index (κ3) is 2.68. The molecule has 2 N–H and O–H groups in total. The summed E-state index contributed by atoms with van der Waals surface area (Å²) in [6.45, 7) is 4.39. The number of methoxy groups -OCH3 is 1. The molecule has 2 heterocycles. The molecule has 110 valence electrons. The number of hydrogen-bond donors (Lipinski definition) is 1. The summed E-state index contributed by atoms with van der Waals surface area (Å²) >= 11 is 0. The van der Waals surface area contributed by atoms with Crippen LogP contribution in [0.5, 0.6) is 0 Å². The number of nitrogens with zero attached hydrogens (tertiary/aromatic N) is 4. The molecule has 0 atom stereocenters. The predicted molar refractivity (Wildman–Crippen MR) is 72.2 cm³/mol. The number of carbonyl (C=O) groups excluding carboxylic acids is 2. The zero-order valence-electron chi connectivity index (χ0n) is 11.7. The van der Waals surface area contributed by atoms with Crippen molar-refractivity contribution in [2.24, 2.45) is 0 Å². The summed E-state index contributed by atoms with van der Waals surface area (Å²) < 4.78 is 6.29. The first kappa shape index (κ1) is 14.2. The lowest BCUT2D eigenvalue weighted by Crippen LogP contribution is -2.50. The summed E-state index contributed by atoms with van der Waals surface area (Å²) in [6, 6.07) is 0. The lowest BCUT2D eigenvalue weighted by atomic mass is 10.2. The fourth-order valence-electron chi connectivity index (χ4n) is 2.14. The smallest absolute Gasteiger partial charge is 0.409 e. The minimum atomic E-state index is -0.369. The monoisotopic (exact) mass is 281 g/mol. The molecule has 2 amide bonds. The zero-order valence-corrected chi connectivity index (χ0v) is 11.7. The molecule has 0 radical (unpaired) electrons. The number of anilines is 1. The van der Waals surface area contributed by atoms with E-state index in [-0.39, 0.29) is 17.7 Å². The summed E-state index contributed by atoms with van der Waals surface area (Å²) in [5, 5.41) is 4.17. The SMILES string of the molecule is CCn1cc(N)c(C(=O)N2CCN(C(=O)OC)CC2)n1. The fourth-order valence-corrected chi connectivity index (χ4v) is 2.14. The van der Waals surface area contributed by atoms with Crippen LogP contribution in [0.4, 0.5) is 10.5 Å². The van der Waals surface area contributed by atoms with Crippen molar-refractivity contribution in [1.29, 1.82) is 0 Å². The van der Waals surface area contributed by atoms with Gasteiger partial charge >= 0.3 is 6.09 Å². The second kappa shape index (κ2) is 5.81. The highest BCUT2D eigenvalue weighted by molar-refractivity contribution is 5.97. The minimum absolute atomic E-state index is 0.195. The molecule has 8 heteroatoms. The van der Waals surface area contributed by atoms with E-state index >= 15 is 0 Å². The molecule has 1 fully saturated rings.